The van der Waals surface area contributed by atoms with Crippen LogP contribution in [0.25, 0.3) is 0 Å². The highest BCUT2D eigenvalue weighted by molar-refractivity contribution is 5.73. The van der Waals surface area contributed by atoms with Gasteiger partial charge in [-0.3, -0.25) is 0 Å². The third-order valence-electron chi connectivity index (χ3n) is 3.11. The van der Waals surface area contributed by atoms with Gasteiger partial charge in [-0.05, 0) is 25.0 Å². The lowest BCUT2D eigenvalue weighted by molar-refractivity contribution is -0.138. The molecule has 2 rings (SSSR count). The summed E-state index contributed by atoms with van der Waals surface area (Å²) in [6.45, 7) is 2.01. The van der Waals surface area contributed by atoms with Crippen molar-refractivity contribution in [1.82, 2.24) is 15.8 Å². The van der Waals surface area contributed by atoms with Crippen LogP contribution in [0.15, 0.2) is 34.9 Å². The fraction of sp³-hybridized carbons (Fsp3) is 0.333. The number of halogens is 3. The van der Waals surface area contributed by atoms with Gasteiger partial charge in [0.2, 0.25) is 0 Å². The third-order valence-corrected chi connectivity index (χ3v) is 3.11. The standard InChI is InChI=1S/C15H16F3N3O2/c1-10-8-12(21-23-10)9-20-14(22)19-7-6-11-4-2-3-5-13(11)15(16,17)18/h2-5,8H,6-7,9H2,1H3,(H2,19,20,22). The van der Waals surface area contributed by atoms with Crippen LogP contribution in [0.4, 0.5) is 18.0 Å². The van der Waals surface area contributed by atoms with Crippen molar-refractivity contribution in [3.63, 3.8) is 0 Å². The van der Waals surface area contributed by atoms with Gasteiger partial charge in [-0.15, -0.1) is 0 Å². The highest BCUT2D eigenvalue weighted by Crippen LogP contribution is 2.31. The van der Waals surface area contributed by atoms with Gasteiger partial charge < -0.3 is 15.2 Å². The Kier molecular flexibility index (Phi) is 5.25. The van der Waals surface area contributed by atoms with Crippen LogP contribution in [0.1, 0.15) is 22.6 Å². The first-order valence-corrected chi connectivity index (χ1v) is 6.95. The lowest BCUT2D eigenvalue weighted by Gasteiger charge is -2.13. The number of carbonyl (C=O) groups is 1. The Morgan fingerprint density at radius 3 is 2.65 bits per heavy atom. The van der Waals surface area contributed by atoms with E-state index in [0.29, 0.717) is 11.5 Å². The molecule has 0 atom stereocenters. The number of rotatable bonds is 5. The van der Waals surface area contributed by atoms with Crippen LogP contribution < -0.4 is 10.6 Å². The molecule has 0 spiro atoms. The largest absolute Gasteiger partial charge is 0.416 e. The Morgan fingerprint density at radius 2 is 2.00 bits per heavy atom. The summed E-state index contributed by atoms with van der Waals surface area (Å²) in [5, 5.41) is 8.77. The number of nitrogens with zero attached hydrogens (tertiary/aromatic N) is 1. The summed E-state index contributed by atoms with van der Waals surface area (Å²) in [7, 11) is 0. The number of alkyl halides is 3. The SMILES string of the molecule is Cc1cc(CNC(=O)NCCc2ccccc2C(F)(F)F)no1. The molecule has 0 saturated heterocycles. The Balaban J connectivity index is 1.80. The Bertz CT molecular complexity index is 668. The van der Waals surface area contributed by atoms with Crippen LogP contribution in [0.3, 0.4) is 0 Å². The van der Waals surface area contributed by atoms with Crippen molar-refractivity contribution < 1.29 is 22.5 Å². The number of aromatic nitrogens is 1. The first-order valence-electron chi connectivity index (χ1n) is 6.95. The number of benzene rings is 1. The van der Waals surface area contributed by atoms with Crippen LogP contribution >= 0.6 is 0 Å². The second-order valence-corrected chi connectivity index (χ2v) is 4.94. The molecule has 0 fully saturated rings. The van der Waals surface area contributed by atoms with Crippen molar-refractivity contribution in [2.24, 2.45) is 0 Å². The summed E-state index contributed by atoms with van der Waals surface area (Å²) < 4.78 is 43.3. The van der Waals surface area contributed by atoms with Gasteiger partial charge >= 0.3 is 12.2 Å². The van der Waals surface area contributed by atoms with Crippen LogP contribution in [-0.2, 0) is 19.1 Å². The number of amides is 2. The van der Waals surface area contributed by atoms with Crippen molar-refractivity contribution in [1.29, 1.82) is 0 Å². The maximum Gasteiger partial charge on any atom is 0.416 e. The maximum atomic E-state index is 12.8. The fourth-order valence-corrected chi connectivity index (χ4v) is 2.06. The van der Waals surface area contributed by atoms with E-state index in [9.17, 15) is 18.0 Å². The molecule has 124 valence electrons. The van der Waals surface area contributed by atoms with E-state index in [1.54, 1.807) is 13.0 Å². The molecular weight excluding hydrogens is 311 g/mol. The minimum Gasteiger partial charge on any atom is -0.361 e. The molecule has 0 aliphatic rings. The molecule has 2 amide bonds. The van der Waals surface area contributed by atoms with Crippen LogP contribution in [0, 0.1) is 6.92 Å². The highest BCUT2D eigenvalue weighted by Gasteiger charge is 2.32. The minimum atomic E-state index is -4.40. The molecule has 0 radical (unpaired) electrons. The van der Waals surface area contributed by atoms with Gasteiger partial charge in [-0.2, -0.15) is 13.2 Å². The van der Waals surface area contributed by atoms with Gasteiger partial charge in [0.15, 0.2) is 0 Å². The van der Waals surface area contributed by atoms with Gasteiger partial charge in [0.1, 0.15) is 11.5 Å². The summed E-state index contributed by atoms with van der Waals surface area (Å²) in [6.07, 6.45) is -4.31. The molecule has 23 heavy (non-hydrogen) atoms. The van der Waals surface area contributed by atoms with Gasteiger partial charge in [-0.1, -0.05) is 23.4 Å². The Hall–Kier alpha value is -2.51. The molecule has 8 heteroatoms. The average molecular weight is 327 g/mol. The zero-order chi connectivity index (χ0) is 16.9. The molecule has 1 heterocycles. The summed E-state index contributed by atoms with van der Waals surface area (Å²) in [5.74, 6) is 0.631. The number of aryl methyl sites for hydroxylation is 1. The number of hydrogen-bond donors (Lipinski definition) is 2. The molecule has 0 saturated carbocycles. The molecule has 0 bridgehead atoms. The molecular formula is C15H16F3N3O2. The Morgan fingerprint density at radius 1 is 1.26 bits per heavy atom. The van der Waals surface area contributed by atoms with Crippen molar-refractivity contribution in [2.45, 2.75) is 26.1 Å². The predicted molar refractivity (Wildman–Crippen MR) is 76.6 cm³/mol. The van der Waals surface area contributed by atoms with Gasteiger partial charge in [0.05, 0.1) is 12.1 Å². The molecule has 0 aliphatic heterocycles. The quantitative estimate of drug-likeness (QED) is 0.887. The number of hydrogen-bond acceptors (Lipinski definition) is 3. The lowest BCUT2D eigenvalue weighted by Crippen LogP contribution is -2.36. The van der Waals surface area contributed by atoms with Crippen molar-refractivity contribution in [3.8, 4) is 0 Å². The first kappa shape index (κ1) is 16.9. The maximum absolute atomic E-state index is 12.8. The number of urea groups is 1. The average Bonchev–Trinajstić information content (AvgIpc) is 2.90. The Labute approximate surface area is 130 Å². The van der Waals surface area contributed by atoms with Gasteiger partial charge in [-0.25, -0.2) is 4.79 Å². The van der Waals surface area contributed by atoms with E-state index in [1.807, 2.05) is 0 Å². The molecule has 0 aliphatic carbocycles. The first-order chi connectivity index (χ1) is 10.9. The second kappa shape index (κ2) is 7.17. The van der Waals surface area contributed by atoms with E-state index in [4.69, 9.17) is 4.52 Å². The minimum absolute atomic E-state index is 0.0895. The number of nitrogens with one attached hydrogen (secondary N) is 2. The number of carbonyl (C=O) groups excluding carboxylic acids is 1. The molecule has 0 unspecified atom stereocenters. The van der Waals surface area contributed by atoms with Crippen LogP contribution in [0.2, 0.25) is 0 Å². The smallest absolute Gasteiger partial charge is 0.361 e. The van der Waals surface area contributed by atoms with E-state index < -0.39 is 17.8 Å². The van der Waals surface area contributed by atoms with Crippen molar-refractivity contribution in [3.05, 3.63) is 52.9 Å². The van der Waals surface area contributed by atoms with E-state index in [-0.39, 0.29) is 25.1 Å². The lowest BCUT2D eigenvalue weighted by atomic mass is 10.0. The van der Waals surface area contributed by atoms with Gasteiger partial charge in [0, 0.05) is 12.6 Å². The topological polar surface area (TPSA) is 67.2 Å². The van der Waals surface area contributed by atoms with Crippen molar-refractivity contribution in [2.75, 3.05) is 6.54 Å². The zero-order valence-corrected chi connectivity index (χ0v) is 12.4. The monoisotopic (exact) mass is 327 g/mol. The van der Waals surface area contributed by atoms with Crippen LogP contribution in [0.5, 0.6) is 0 Å². The van der Waals surface area contributed by atoms with Crippen LogP contribution in [-0.4, -0.2) is 17.7 Å². The summed E-state index contributed by atoms with van der Waals surface area (Å²) in [5.41, 5.74) is 0.0350. The van der Waals surface area contributed by atoms with E-state index in [1.165, 1.54) is 18.2 Å². The summed E-state index contributed by atoms with van der Waals surface area (Å²) in [4.78, 5) is 11.6. The van der Waals surface area contributed by atoms with E-state index in [2.05, 4.69) is 15.8 Å². The molecule has 1 aromatic heterocycles. The van der Waals surface area contributed by atoms with Gasteiger partial charge in [0.25, 0.3) is 0 Å². The highest BCUT2D eigenvalue weighted by atomic mass is 19.4. The van der Waals surface area contributed by atoms with E-state index in [0.717, 1.165) is 6.07 Å². The summed E-state index contributed by atoms with van der Waals surface area (Å²) >= 11 is 0. The predicted octanol–water partition coefficient (Wildman–Crippen LogP) is 3.04. The second-order valence-electron chi connectivity index (χ2n) is 4.94. The zero-order valence-electron chi connectivity index (χ0n) is 12.4. The normalized spacial score (nSPS) is 11.3. The summed E-state index contributed by atoms with van der Waals surface area (Å²) in [6, 6.07) is 6.52. The fourth-order valence-electron chi connectivity index (χ4n) is 2.06. The van der Waals surface area contributed by atoms with Crippen molar-refractivity contribution >= 4 is 6.03 Å². The molecule has 5 nitrogen and oxygen atoms in total. The van der Waals surface area contributed by atoms with E-state index >= 15 is 0 Å². The molecule has 1 aromatic carbocycles. The molecule has 2 aromatic rings. The third kappa shape index (κ3) is 5.01. The molecule has 2 N–H and O–H groups in total.